The van der Waals surface area contributed by atoms with E-state index in [0.29, 0.717) is 13.2 Å². The first-order valence-electron chi connectivity index (χ1n) is 2.99. The first-order chi connectivity index (χ1) is 5.09. The third kappa shape index (κ3) is 3.74. The molecule has 0 aromatic rings. The summed E-state index contributed by atoms with van der Waals surface area (Å²) in [4.78, 5) is 1.29. The zero-order valence-corrected chi connectivity index (χ0v) is 7.15. The van der Waals surface area contributed by atoms with Crippen molar-refractivity contribution in [3.8, 4) is 0 Å². The van der Waals surface area contributed by atoms with E-state index in [1.165, 1.54) is 4.90 Å². The highest BCUT2D eigenvalue weighted by molar-refractivity contribution is 7.80. The van der Waals surface area contributed by atoms with E-state index >= 15 is 0 Å². The Morgan fingerprint density at radius 1 is 1.64 bits per heavy atom. The quantitative estimate of drug-likeness (QED) is 0.294. The molecule has 0 aromatic heterocycles. The minimum Gasteiger partial charge on any atom is -0.383 e. The predicted octanol–water partition coefficient (Wildman–Crippen LogP) is -0.928. The largest absolute Gasteiger partial charge is 0.383 e. The van der Waals surface area contributed by atoms with Gasteiger partial charge in [-0.3, -0.25) is 10.3 Å². The zero-order valence-electron chi connectivity index (χ0n) is 6.33. The number of nitrogens with zero attached hydrogens (tertiary/aromatic N) is 1. The molecule has 0 unspecified atom stereocenters. The van der Waals surface area contributed by atoms with Crippen molar-refractivity contribution in [2.45, 2.75) is 0 Å². The van der Waals surface area contributed by atoms with E-state index < -0.39 is 0 Å². The van der Waals surface area contributed by atoms with Gasteiger partial charge >= 0.3 is 0 Å². The second-order valence-corrected chi connectivity index (χ2v) is 2.29. The van der Waals surface area contributed by atoms with Crippen molar-refractivity contribution >= 4 is 23.3 Å². The first kappa shape index (κ1) is 10.1. The predicted molar refractivity (Wildman–Crippen MR) is 47.3 cm³/mol. The lowest BCUT2D eigenvalue weighted by Gasteiger charge is -2.19. The number of rotatable bonds is 3. The van der Waals surface area contributed by atoms with Gasteiger partial charge in [0, 0.05) is 7.11 Å². The van der Waals surface area contributed by atoms with Gasteiger partial charge in [0.15, 0.2) is 11.1 Å². The summed E-state index contributed by atoms with van der Waals surface area (Å²) in [5, 5.41) is 7.13. The molecule has 5 N–H and O–H groups in total. The maximum Gasteiger partial charge on any atom is 0.194 e. The summed E-state index contributed by atoms with van der Waals surface area (Å²) in [6.45, 7) is 0.859. The Hall–Kier alpha value is -0.880. The molecule has 0 saturated carbocycles. The van der Waals surface area contributed by atoms with E-state index in [2.05, 4.69) is 12.2 Å². The van der Waals surface area contributed by atoms with Crippen molar-refractivity contribution in [2.75, 3.05) is 20.3 Å². The number of hydrogen-bond donors (Lipinski definition) is 3. The number of guanidine groups is 1. The summed E-state index contributed by atoms with van der Waals surface area (Å²) >= 11 is 4.63. The fourth-order valence-electron chi connectivity index (χ4n) is 0.532. The van der Waals surface area contributed by atoms with Crippen molar-refractivity contribution in [2.24, 2.45) is 11.5 Å². The van der Waals surface area contributed by atoms with Gasteiger partial charge in [-0.2, -0.15) is 0 Å². The van der Waals surface area contributed by atoms with Crippen LogP contribution in [0, 0.1) is 5.41 Å². The van der Waals surface area contributed by atoms with Gasteiger partial charge in [0.05, 0.1) is 13.2 Å². The average molecular weight is 176 g/mol. The SMILES string of the molecule is COCCN(C(=N)N)C(N)=S. The van der Waals surface area contributed by atoms with Gasteiger partial charge in [0.1, 0.15) is 0 Å². The molecule has 0 saturated heterocycles. The third-order valence-corrected chi connectivity index (χ3v) is 1.30. The van der Waals surface area contributed by atoms with E-state index in [1.54, 1.807) is 7.11 Å². The van der Waals surface area contributed by atoms with Crippen LogP contribution in [0.3, 0.4) is 0 Å². The Morgan fingerprint density at radius 2 is 2.18 bits per heavy atom. The molecule has 0 aliphatic carbocycles. The number of thiocarbonyl (C=S) groups is 1. The van der Waals surface area contributed by atoms with Gasteiger partial charge in [-0.25, -0.2) is 0 Å². The van der Waals surface area contributed by atoms with Gasteiger partial charge in [0.2, 0.25) is 0 Å². The van der Waals surface area contributed by atoms with Crippen LogP contribution in [0.25, 0.3) is 0 Å². The molecule has 0 aromatic carbocycles. The summed E-state index contributed by atoms with van der Waals surface area (Å²) in [6.07, 6.45) is 0. The molecule has 6 heteroatoms. The fraction of sp³-hybridized carbons (Fsp3) is 0.600. The van der Waals surface area contributed by atoms with Crippen LogP contribution in [0.15, 0.2) is 0 Å². The lowest BCUT2D eigenvalue weighted by molar-refractivity contribution is 0.190. The number of nitrogens with one attached hydrogen (secondary N) is 1. The van der Waals surface area contributed by atoms with Crippen LogP contribution in [0.2, 0.25) is 0 Å². The highest BCUT2D eigenvalue weighted by atomic mass is 32.1. The second-order valence-electron chi connectivity index (χ2n) is 1.87. The van der Waals surface area contributed by atoms with Crippen molar-refractivity contribution in [3.63, 3.8) is 0 Å². The summed E-state index contributed by atoms with van der Waals surface area (Å²) in [6, 6.07) is 0. The first-order valence-corrected chi connectivity index (χ1v) is 3.40. The van der Waals surface area contributed by atoms with Crippen LogP contribution in [0.4, 0.5) is 0 Å². The third-order valence-electron chi connectivity index (χ3n) is 1.08. The number of nitrogens with two attached hydrogens (primary N) is 2. The number of ether oxygens (including phenoxy) is 1. The average Bonchev–Trinajstić information content (AvgIpc) is 1.87. The number of methoxy groups -OCH3 is 1. The molecule has 0 aliphatic rings. The molecule has 64 valence electrons. The molecular formula is C5H12N4OS. The minimum atomic E-state index is -0.158. The smallest absolute Gasteiger partial charge is 0.194 e. The van der Waals surface area contributed by atoms with E-state index in [0.717, 1.165) is 0 Å². The van der Waals surface area contributed by atoms with E-state index in [9.17, 15) is 0 Å². The Kier molecular flexibility index (Phi) is 4.47. The van der Waals surface area contributed by atoms with E-state index in [4.69, 9.17) is 21.6 Å². The highest BCUT2D eigenvalue weighted by Gasteiger charge is 2.07. The Labute approximate surface area is 70.8 Å². The van der Waals surface area contributed by atoms with Gasteiger partial charge in [-0.05, 0) is 12.2 Å². The Balaban J connectivity index is 3.90. The van der Waals surface area contributed by atoms with Gasteiger partial charge in [0.25, 0.3) is 0 Å². The summed E-state index contributed by atoms with van der Waals surface area (Å²) in [7, 11) is 1.55. The fourth-order valence-corrected chi connectivity index (χ4v) is 0.722. The van der Waals surface area contributed by atoms with Crippen molar-refractivity contribution in [3.05, 3.63) is 0 Å². The maximum absolute atomic E-state index is 7.04. The monoisotopic (exact) mass is 176 g/mol. The molecule has 5 nitrogen and oxygen atoms in total. The summed E-state index contributed by atoms with van der Waals surface area (Å²) in [5.41, 5.74) is 10.4. The maximum atomic E-state index is 7.04. The van der Waals surface area contributed by atoms with Crippen molar-refractivity contribution in [1.29, 1.82) is 5.41 Å². The molecular weight excluding hydrogens is 164 g/mol. The summed E-state index contributed by atoms with van der Waals surface area (Å²) < 4.78 is 4.76. The molecule has 0 bridgehead atoms. The summed E-state index contributed by atoms with van der Waals surface area (Å²) in [5.74, 6) is -0.158. The molecule has 0 amide bonds. The molecule has 0 heterocycles. The molecule has 0 aliphatic heterocycles. The van der Waals surface area contributed by atoms with Crippen LogP contribution >= 0.6 is 12.2 Å². The lowest BCUT2D eigenvalue weighted by atomic mass is 10.6. The Bertz CT molecular complexity index is 147. The second kappa shape index (κ2) is 4.86. The van der Waals surface area contributed by atoms with Crippen molar-refractivity contribution in [1.82, 2.24) is 4.90 Å². The normalized spacial score (nSPS) is 9.18. The standard InChI is InChI=1S/C5H12N4OS/c1-10-3-2-9(4(6)7)5(8)11/h2-3H2,1H3,(H3,6,7)(H2,8,11). The van der Waals surface area contributed by atoms with Crippen molar-refractivity contribution < 1.29 is 4.74 Å². The molecule has 0 atom stereocenters. The molecule has 0 radical (unpaired) electrons. The number of hydrogen-bond acceptors (Lipinski definition) is 3. The highest BCUT2D eigenvalue weighted by Crippen LogP contribution is 1.85. The van der Waals surface area contributed by atoms with Gasteiger partial charge in [-0.15, -0.1) is 0 Å². The van der Waals surface area contributed by atoms with Crippen LogP contribution in [-0.4, -0.2) is 36.2 Å². The van der Waals surface area contributed by atoms with Crippen LogP contribution in [-0.2, 0) is 4.74 Å². The molecule has 0 spiro atoms. The van der Waals surface area contributed by atoms with E-state index in [-0.39, 0.29) is 11.1 Å². The van der Waals surface area contributed by atoms with E-state index in [1.807, 2.05) is 0 Å². The lowest BCUT2D eigenvalue weighted by Crippen LogP contribution is -2.45. The van der Waals surface area contributed by atoms with Gasteiger partial charge in [-0.1, -0.05) is 0 Å². The van der Waals surface area contributed by atoms with Crippen LogP contribution in [0.1, 0.15) is 0 Å². The van der Waals surface area contributed by atoms with Gasteiger partial charge < -0.3 is 16.2 Å². The van der Waals surface area contributed by atoms with Crippen LogP contribution < -0.4 is 11.5 Å². The molecule has 0 rings (SSSR count). The molecule has 11 heavy (non-hydrogen) atoms. The Morgan fingerprint density at radius 3 is 2.45 bits per heavy atom. The van der Waals surface area contributed by atoms with Crippen LogP contribution in [0.5, 0.6) is 0 Å². The zero-order chi connectivity index (χ0) is 8.85. The topological polar surface area (TPSA) is 88.4 Å². The molecule has 0 fully saturated rings. The minimum absolute atomic E-state index is 0.0922.